The molecular formula is C7H12O. The van der Waals surface area contributed by atoms with Gasteiger partial charge < -0.3 is 4.79 Å². The maximum absolute atomic E-state index is 10.1. The van der Waals surface area contributed by atoms with E-state index in [-0.39, 0.29) is 0 Å². The molecule has 1 aliphatic carbocycles. The van der Waals surface area contributed by atoms with Crippen LogP contribution >= 0.6 is 0 Å². The van der Waals surface area contributed by atoms with Crippen molar-refractivity contribution in [2.24, 2.45) is 17.8 Å². The summed E-state index contributed by atoms with van der Waals surface area (Å²) in [6.45, 7) is 4.35. The van der Waals surface area contributed by atoms with E-state index in [1.165, 1.54) is 0 Å². The Kier molecular flexibility index (Phi) is 1.37. The highest BCUT2D eigenvalue weighted by Gasteiger charge is 2.38. The molecular weight excluding hydrogens is 100 g/mol. The lowest BCUT2D eigenvalue weighted by Gasteiger charge is -1.96. The van der Waals surface area contributed by atoms with Crippen LogP contribution in [-0.4, -0.2) is 6.29 Å². The molecule has 1 heteroatoms. The lowest BCUT2D eigenvalue weighted by Crippen LogP contribution is -1.92. The lowest BCUT2D eigenvalue weighted by molar-refractivity contribution is -0.109. The number of aldehydes is 1. The molecule has 0 amide bonds. The molecule has 1 nitrogen and oxygen atoms in total. The summed E-state index contributed by atoms with van der Waals surface area (Å²) in [5.74, 6) is 1.84. The predicted octanol–water partition coefficient (Wildman–Crippen LogP) is 1.48. The van der Waals surface area contributed by atoms with Crippen LogP contribution in [0.3, 0.4) is 0 Å². The molecule has 0 heterocycles. The predicted molar refractivity (Wildman–Crippen MR) is 32.5 cm³/mol. The summed E-state index contributed by atoms with van der Waals surface area (Å²) in [7, 11) is 0. The number of rotatable bonds is 2. The maximum atomic E-state index is 10.1. The standard InChI is InChI=1S/C7H12O/c1-5(2)7-3-6(7)4-8/h4-7H,3H2,1-2H3/t6-,7-/m0/s1. The summed E-state index contributed by atoms with van der Waals surface area (Å²) < 4.78 is 0. The van der Waals surface area contributed by atoms with Gasteiger partial charge in [0.25, 0.3) is 0 Å². The normalized spacial score (nSPS) is 35.4. The van der Waals surface area contributed by atoms with Gasteiger partial charge >= 0.3 is 0 Å². The van der Waals surface area contributed by atoms with Gasteiger partial charge in [-0.2, -0.15) is 0 Å². The Morgan fingerprint density at radius 3 is 2.38 bits per heavy atom. The molecule has 1 aliphatic rings. The highest BCUT2D eigenvalue weighted by molar-refractivity contribution is 5.58. The minimum atomic E-state index is 0.412. The summed E-state index contributed by atoms with van der Waals surface area (Å²) >= 11 is 0. The van der Waals surface area contributed by atoms with Gasteiger partial charge in [0, 0.05) is 5.92 Å². The van der Waals surface area contributed by atoms with E-state index in [1.807, 2.05) is 0 Å². The van der Waals surface area contributed by atoms with Crippen LogP contribution in [-0.2, 0) is 4.79 Å². The van der Waals surface area contributed by atoms with Crippen LogP contribution in [0.2, 0.25) is 0 Å². The lowest BCUT2D eigenvalue weighted by atomic mass is 10.1. The first-order valence-electron chi connectivity index (χ1n) is 3.21. The molecule has 0 aliphatic heterocycles. The maximum Gasteiger partial charge on any atom is 0.123 e. The van der Waals surface area contributed by atoms with Gasteiger partial charge in [0.15, 0.2) is 0 Å². The Morgan fingerprint density at radius 1 is 1.62 bits per heavy atom. The molecule has 0 spiro atoms. The minimum absolute atomic E-state index is 0.412. The van der Waals surface area contributed by atoms with E-state index in [0.717, 1.165) is 12.7 Å². The van der Waals surface area contributed by atoms with E-state index in [1.54, 1.807) is 0 Å². The van der Waals surface area contributed by atoms with Gasteiger partial charge in [-0.25, -0.2) is 0 Å². The van der Waals surface area contributed by atoms with E-state index < -0.39 is 0 Å². The average Bonchev–Trinajstić information content (AvgIpc) is 2.42. The van der Waals surface area contributed by atoms with Crippen molar-refractivity contribution in [3.05, 3.63) is 0 Å². The minimum Gasteiger partial charge on any atom is -0.303 e. The molecule has 0 radical (unpaired) electrons. The molecule has 1 rings (SSSR count). The van der Waals surface area contributed by atoms with Crippen LogP contribution in [0.4, 0.5) is 0 Å². The third-order valence-corrected chi connectivity index (χ3v) is 1.92. The van der Waals surface area contributed by atoms with Crippen LogP contribution in [0.25, 0.3) is 0 Å². The second kappa shape index (κ2) is 1.88. The number of hydrogen-bond donors (Lipinski definition) is 0. The van der Waals surface area contributed by atoms with Crippen LogP contribution in [0.1, 0.15) is 20.3 Å². The monoisotopic (exact) mass is 112 g/mol. The van der Waals surface area contributed by atoms with Crippen molar-refractivity contribution >= 4 is 6.29 Å². The zero-order valence-corrected chi connectivity index (χ0v) is 5.42. The summed E-state index contributed by atoms with van der Waals surface area (Å²) in [4.78, 5) is 10.1. The first-order valence-corrected chi connectivity index (χ1v) is 3.21. The second-order valence-electron chi connectivity index (χ2n) is 2.94. The molecule has 0 aromatic heterocycles. The van der Waals surface area contributed by atoms with Crippen molar-refractivity contribution in [1.82, 2.24) is 0 Å². The Balaban J connectivity index is 2.26. The fraction of sp³-hybridized carbons (Fsp3) is 0.857. The molecule has 0 saturated heterocycles. The average molecular weight is 112 g/mol. The topological polar surface area (TPSA) is 17.1 Å². The number of carbonyl (C=O) groups is 1. The highest BCUT2D eigenvalue weighted by atomic mass is 16.1. The molecule has 0 aromatic rings. The van der Waals surface area contributed by atoms with Gasteiger partial charge in [0.1, 0.15) is 6.29 Å². The quantitative estimate of drug-likeness (QED) is 0.494. The smallest absolute Gasteiger partial charge is 0.123 e. The van der Waals surface area contributed by atoms with Crippen LogP contribution in [0, 0.1) is 17.8 Å². The molecule has 1 fully saturated rings. The van der Waals surface area contributed by atoms with Crippen molar-refractivity contribution in [3.63, 3.8) is 0 Å². The van der Waals surface area contributed by atoms with Crippen molar-refractivity contribution in [1.29, 1.82) is 0 Å². The van der Waals surface area contributed by atoms with E-state index in [9.17, 15) is 4.79 Å². The van der Waals surface area contributed by atoms with Gasteiger partial charge in [0.2, 0.25) is 0 Å². The van der Waals surface area contributed by atoms with Crippen LogP contribution < -0.4 is 0 Å². The van der Waals surface area contributed by atoms with E-state index in [2.05, 4.69) is 13.8 Å². The molecule has 8 heavy (non-hydrogen) atoms. The van der Waals surface area contributed by atoms with Crippen LogP contribution in [0.15, 0.2) is 0 Å². The van der Waals surface area contributed by atoms with Gasteiger partial charge in [-0.15, -0.1) is 0 Å². The van der Waals surface area contributed by atoms with Crippen molar-refractivity contribution < 1.29 is 4.79 Å². The molecule has 0 unspecified atom stereocenters. The zero-order valence-electron chi connectivity index (χ0n) is 5.42. The Bertz CT molecular complexity index is 96.6. The highest BCUT2D eigenvalue weighted by Crippen LogP contribution is 2.42. The summed E-state index contributed by atoms with van der Waals surface area (Å²) in [5, 5.41) is 0. The Morgan fingerprint density at radius 2 is 2.25 bits per heavy atom. The van der Waals surface area contributed by atoms with E-state index in [0.29, 0.717) is 17.8 Å². The van der Waals surface area contributed by atoms with Gasteiger partial charge in [-0.05, 0) is 18.3 Å². The summed E-state index contributed by atoms with van der Waals surface area (Å²) in [5.41, 5.74) is 0. The number of hydrogen-bond acceptors (Lipinski definition) is 1. The SMILES string of the molecule is CC(C)[C@@H]1C[C@H]1C=O. The van der Waals surface area contributed by atoms with Crippen LogP contribution in [0.5, 0.6) is 0 Å². The van der Waals surface area contributed by atoms with E-state index >= 15 is 0 Å². The van der Waals surface area contributed by atoms with Gasteiger partial charge in [-0.1, -0.05) is 13.8 Å². The van der Waals surface area contributed by atoms with Crippen molar-refractivity contribution in [2.45, 2.75) is 20.3 Å². The van der Waals surface area contributed by atoms with Gasteiger partial charge in [-0.3, -0.25) is 0 Å². The molecule has 1 saturated carbocycles. The largest absolute Gasteiger partial charge is 0.303 e. The Hall–Kier alpha value is -0.330. The van der Waals surface area contributed by atoms with Crippen molar-refractivity contribution in [2.75, 3.05) is 0 Å². The summed E-state index contributed by atoms with van der Waals surface area (Å²) in [6.07, 6.45) is 2.23. The summed E-state index contributed by atoms with van der Waals surface area (Å²) in [6, 6.07) is 0. The fourth-order valence-corrected chi connectivity index (χ4v) is 1.16. The Labute approximate surface area is 50.1 Å². The van der Waals surface area contributed by atoms with Crippen molar-refractivity contribution in [3.8, 4) is 0 Å². The third kappa shape index (κ3) is 0.908. The molecule has 0 bridgehead atoms. The first kappa shape index (κ1) is 5.80. The van der Waals surface area contributed by atoms with E-state index in [4.69, 9.17) is 0 Å². The molecule has 0 aromatic carbocycles. The zero-order chi connectivity index (χ0) is 6.15. The molecule has 0 N–H and O–H groups in total. The first-order chi connectivity index (χ1) is 3.75. The number of carbonyl (C=O) groups excluding carboxylic acids is 1. The second-order valence-corrected chi connectivity index (χ2v) is 2.94. The van der Waals surface area contributed by atoms with Gasteiger partial charge in [0.05, 0.1) is 0 Å². The fourth-order valence-electron chi connectivity index (χ4n) is 1.16. The molecule has 46 valence electrons. The third-order valence-electron chi connectivity index (χ3n) is 1.92. The molecule has 2 atom stereocenters.